The number of anilines is 2. The molecule has 12 nitrogen and oxygen atoms in total. The van der Waals surface area contributed by atoms with Gasteiger partial charge in [-0.2, -0.15) is 9.97 Å². The third-order valence-electron chi connectivity index (χ3n) is 4.80. The number of alkyl halides is 1. The van der Waals surface area contributed by atoms with Crippen LogP contribution in [0, 0.1) is 5.92 Å². The van der Waals surface area contributed by atoms with Crippen molar-refractivity contribution in [3.05, 3.63) is 6.33 Å². The molecule has 0 aromatic carbocycles. The zero-order valence-corrected chi connectivity index (χ0v) is 19.4. The first-order valence-electron chi connectivity index (χ1n) is 10.1. The summed E-state index contributed by atoms with van der Waals surface area (Å²) in [5, 5.41) is 5.35. The molecule has 0 radical (unpaired) electrons. The van der Waals surface area contributed by atoms with Crippen LogP contribution in [0.25, 0.3) is 11.2 Å². The highest BCUT2D eigenvalue weighted by molar-refractivity contribution is 7.36. The van der Waals surface area contributed by atoms with Crippen LogP contribution < -0.4 is 16.1 Å². The second-order valence-corrected chi connectivity index (χ2v) is 8.97. The normalized spacial score (nSPS) is 24.7. The van der Waals surface area contributed by atoms with Gasteiger partial charge in [-0.15, -0.1) is 4.52 Å². The van der Waals surface area contributed by atoms with E-state index in [4.69, 9.17) is 19.7 Å². The quantitative estimate of drug-likeness (QED) is 0.363. The van der Waals surface area contributed by atoms with Crippen LogP contribution in [0.3, 0.4) is 0 Å². The van der Waals surface area contributed by atoms with E-state index >= 15 is 4.39 Å². The average molecular weight is 472 g/mol. The van der Waals surface area contributed by atoms with Crippen LogP contribution in [0.4, 0.5) is 16.2 Å². The number of carbonyl (C=O) groups excluding carboxylic acids is 1. The van der Waals surface area contributed by atoms with E-state index in [1.54, 1.807) is 25.5 Å². The summed E-state index contributed by atoms with van der Waals surface area (Å²) < 4.78 is 44.9. The van der Waals surface area contributed by atoms with Crippen LogP contribution in [0.15, 0.2) is 6.33 Å². The summed E-state index contributed by atoms with van der Waals surface area (Å²) in [6.07, 6.45) is 0.426. The molecular formula is C18H28FN7O5P+. The Morgan fingerprint density at radius 1 is 1.47 bits per heavy atom. The van der Waals surface area contributed by atoms with Crippen LogP contribution in [0.5, 0.6) is 0 Å². The van der Waals surface area contributed by atoms with E-state index in [9.17, 15) is 9.36 Å². The first kappa shape index (κ1) is 24.2. The van der Waals surface area contributed by atoms with Crippen LogP contribution >= 0.6 is 8.18 Å². The largest absolute Gasteiger partial charge is 0.614 e. The molecule has 176 valence electrons. The molecule has 1 fully saturated rings. The van der Waals surface area contributed by atoms with Crippen molar-refractivity contribution in [2.75, 3.05) is 24.7 Å². The van der Waals surface area contributed by atoms with E-state index < -0.39 is 38.9 Å². The second kappa shape index (κ2) is 9.57. The van der Waals surface area contributed by atoms with Crippen molar-refractivity contribution in [2.45, 2.75) is 58.3 Å². The average Bonchev–Trinajstić information content (AvgIpc) is 3.25. The van der Waals surface area contributed by atoms with Gasteiger partial charge >= 0.3 is 14.1 Å². The number of nitrogens with one attached hydrogen (secondary N) is 2. The Balaban J connectivity index is 1.65. The number of rotatable bonds is 9. The van der Waals surface area contributed by atoms with Gasteiger partial charge in [-0.05, 0) is 25.3 Å². The number of ether oxygens (including phenoxy) is 2. The van der Waals surface area contributed by atoms with E-state index in [1.165, 1.54) is 13.3 Å². The molecule has 1 unspecified atom stereocenters. The van der Waals surface area contributed by atoms with Crippen molar-refractivity contribution in [2.24, 2.45) is 5.92 Å². The minimum Gasteiger partial charge on any atom is -0.462 e. The standard InChI is InChI=1S/C18H28FN7O5P/c1-9(2)30-16(27)11(4)25-32(28)29-7-18(19)6-10(3)15(31-18)26-8-22-12-13(21-5)23-17(20)24-14(12)26/h8-11,15H,6-7H2,1-5H3,(H,25,28)(H3,20,21,23,24)/q+1/t10-,11+,15+,18-/m0/s1. The maximum atomic E-state index is 15.4. The highest BCUT2D eigenvalue weighted by Crippen LogP contribution is 2.44. The third-order valence-corrected chi connectivity index (χ3v) is 5.76. The van der Waals surface area contributed by atoms with Crippen molar-refractivity contribution >= 4 is 37.1 Å². The van der Waals surface area contributed by atoms with Crippen LogP contribution in [-0.4, -0.2) is 57.1 Å². The number of hydrogen-bond acceptors (Lipinski definition) is 10. The van der Waals surface area contributed by atoms with Gasteiger partial charge in [0.05, 0.1) is 12.4 Å². The minimum absolute atomic E-state index is 0.00902. The fourth-order valence-electron chi connectivity index (χ4n) is 3.42. The van der Waals surface area contributed by atoms with Gasteiger partial charge in [0.25, 0.3) is 0 Å². The van der Waals surface area contributed by atoms with E-state index in [1.807, 2.05) is 6.92 Å². The molecule has 0 spiro atoms. The monoisotopic (exact) mass is 472 g/mol. The van der Waals surface area contributed by atoms with E-state index in [0.29, 0.717) is 17.0 Å². The number of fused-ring (bicyclic) bond motifs is 1. The Labute approximate surface area is 185 Å². The van der Waals surface area contributed by atoms with Gasteiger partial charge in [0, 0.05) is 19.4 Å². The topological polar surface area (TPSA) is 156 Å². The molecule has 3 rings (SSSR count). The summed E-state index contributed by atoms with van der Waals surface area (Å²) in [7, 11) is -0.846. The lowest BCUT2D eigenvalue weighted by atomic mass is 10.1. The predicted molar refractivity (Wildman–Crippen MR) is 114 cm³/mol. The molecule has 2 aromatic rings. The minimum atomic E-state index is -2.52. The Kier molecular flexibility index (Phi) is 7.23. The van der Waals surface area contributed by atoms with Gasteiger partial charge in [0.15, 0.2) is 23.6 Å². The Morgan fingerprint density at radius 2 is 2.19 bits per heavy atom. The lowest BCUT2D eigenvalue weighted by Crippen LogP contribution is -2.34. The summed E-state index contributed by atoms with van der Waals surface area (Å²) in [5.74, 6) is -2.57. The Bertz CT molecular complexity index is 1010. The second-order valence-electron chi connectivity index (χ2n) is 7.94. The fraction of sp³-hybridized carbons (Fsp3) is 0.667. The molecule has 1 saturated heterocycles. The number of aromatic nitrogens is 4. The number of esters is 1. The van der Waals surface area contributed by atoms with Crippen LogP contribution in [0.1, 0.15) is 40.3 Å². The maximum absolute atomic E-state index is 15.4. The van der Waals surface area contributed by atoms with Crippen LogP contribution in [-0.2, 0) is 23.4 Å². The number of imidazole rings is 1. The van der Waals surface area contributed by atoms with Gasteiger partial charge in [0.1, 0.15) is 12.3 Å². The molecule has 2 aromatic heterocycles. The molecule has 5 atom stereocenters. The number of halogens is 1. The SMILES string of the molecule is CNc1nc(N)nc2c1ncn2[C@@H]1O[C@](F)(CO[P+](=O)N[C@H](C)C(=O)OC(C)C)C[C@@H]1C. The number of carbonyl (C=O) groups is 1. The highest BCUT2D eigenvalue weighted by Gasteiger charge is 2.49. The molecule has 0 saturated carbocycles. The Hall–Kier alpha value is -2.47. The summed E-state index contributed by atoms with van der Waals surface area (Å²) in [5.41, 5.74) is 6.64. The van der Waals surface area contributed by atoms with Crippen molar-refractivity contribution in [1.82, 2.24) is 24.6 Å². The van der Waals surface area contributed by atoms with Crippen molar-refractivity contribution in [1.29, 1.82) is 0 Å². The Morgan fingerprint density at radius 3 is 2.84 bits per heavy atom. The lowest BCUT2D eigenvalue weighted by molar-refractivity contribution is -0.172. The highest BCUT2D eigenvalue weighted by atomic mass is 31.1. The van der Waals surface area contributed by atoms with Crippen molar-refractivity contribution < 1.29 is 27.7 Å². The summed E-state index contributed by atoms with van der Waals surface area (Å²) >= 11 is 0. The number of nitrogens with two attached hydrogens (primary N) is 1. The zero-order valence-electron chi connectivity index (χ0n) is 18.5. The van der Waals surface area contributed by atoms with Crippen molar-refractivity contribution in [3.63, 3.8) is 0 Å². The first-order chi connectivity index (χ1) is 15.0. The number of nitrogen functional groups attached to an aromatic ring is 1. The van der Waals surface area contributed by atoms with E-state index in [2.05, 4.69) is 25.4 Å². The van der Waals surface area contributed by atoms with Gasteiger partial charge in [-0.25, -0.2) is 9.37 Å². The van der Waals surface area contributed by atoms with Gasteiger partial charge in [0.2, 0.25) is 11.8 Å². The summed E-state index contributed by atoms with van der Waals surface area (Å²) in [4.78, 5) is 24.4. The first-order valence-corrected chi connectivity index (χ1v) is 11.3. The number of nitrogens with zero attached hydrogens (tertiary/aromatic N) is 4. The van der Waals surface area contributed by atoms with Gasteiger partial charge in [-0.1, -0.05) is 12.0 Å². The third kappa shape index (κ3) is 5.29. The molecule has 32 heavy (non-hydrogen) atoms. The molecule has 4 N–H and O–H groups in total. The van der Waals surface area contributed by atoms with Gasteiger partial charge in [-0.3, -0.25) is 9.36 Å². The predicted octanol–water partition coefficient (Wildman–Crippen LogP) is 2.27. The zero-order chi connectivity index (χ0) is 23.6. The maximum Gasteiger partial charge on any atom is 0.614 e. The molecule has 1 aliphatic heterocycles. The van der Waals surface area contributed by atoms with Crippen molar-refractivity contribution in [3.8, 4) is 0 Å². The fourth-order valence-corrected chi connectivity index (χ4v) is 4.22. The molecule has 14 heteroatoms. The number of hydrogen-bond donors (Lipinski definition) is 3. The van der Waals surface area contributed by atoms with Crippen LogP contribution in [0.2, 0.25) is 0 Å². The molecular weight excluding hydrogens is 444 g/mol. The smallest absolute Gasteiger partial charge is 0.462 e. The van der Waals surface area contributed by atoms with E-state index in [0.717, 1.165) is 0 Å². The lowest BCUT2D eigenvalue weighted by Gasteiger charge is -2.19. The van der Waals surface area contributed by atoms with E-state index in [-0.39, 0.29) is 24.4 Å². The molecule has 1 aliphatic rings. The molecule has 0 aliphatic carbocycles. The summed E-state index contributed by atoms with van der Waals surface area (Å²) in [6, 6.07) is -0.878. The summed E-state index contributed by atoms with van der Waals surface area (Å²) in [6.45, 7) is 6.10. The van der Waals surface area contributed by atoms with Gasteiger partial charge < -0.3 is 20.5 Å². The molecule has 0 amide bonds. The molecule has 3 heterocycles. The molecule has 0 bridgehead atoms.